The summed E-state index contributed by atoms with van der Waals surface area (Å²) < 4.78 is 2.51. The largest absolute Gasteiger partial charge is 0.329 e. The average molecular weight is 532 g/mol. The fourth-order valence-electron chi connectivity index (χ4n) is 3.30. The van der Waals surface area contributed by atoms with Crippen LogP contribution in [0.2, 0.25) is 5.02 Å². The average Bonchev–Trinajstić information content (AvgIpc) is 3.17. The van der Waals surface area contributed by atoms with E-state index in [0.717, 1.165) is 22.3 Å². The molecular formula is C25H28BrClN4O2. The van der Waals surface area contributed by atoms with Crippen LogP contribution < -0.4 is 5.32 Å². The highest BCUT2D eigenvalue weighted by Crippen LogP contribution is 2.27. The Balaban J connectivity index is 1.85. The number of benzene rings is 2. The number of nitrogens with zero attached hydrogens (tertiary/aromatic N) is 3. The number of amides is 2. The molecule has 6 nitrogen and oxygen atoms in total. The molecule has 0 unspecified atom stereocenters. The van der Waals surface area contributed by atoms with Gasteiger partial charge in [0.2, 0.25) is 5.91 Å². The van der Waals surface area contributed by atoms with E-state index in [1.165, 1.54) is 0 Å². The lowest BCUT2D eigenvalue weighted by Gasteiger charge is -2.22. The number of hydrogen-bond donors (Lipinski definition) is 1. The maximum Gasteiger partial charge on any atom is 0.254 e. The van der Waals surface area contributed by atoms with E-state index in [-0.39, 0.29) is 23.8 Å². The van der Waals surface area contributed by atoms with Gasteiger partial charge in [-0.2, -0.15) is 5.10 Å². The summed E-state index contributed by atoms with van der Waals surface area (Å²) >= 11 is 9.44. The SMILES string of the molecule is CCCN(CC(=O)Nc1cc(C(C)(C)C)nn1-c1ccc(Cl)cc1)C(=O)c1cccc(Br)c1. The third-order valence-electron chi connectivity index (χ3n) is 5.00. The summed E-state index contributed by atoms with van der Waals surface area (Å²) in [4.78, 5) is 27.6. The molecule has 174 valence electrons. The lowest BCUT2D eigenvalue weighted by atomic mass is 9.92. The van der Waals surface area contributed by atoms with E-state index >= 15 is 0 Å². The van der Waals surface area contributed by atoms with Gasteiger partial charge in [-0.15, -0.1) is 0 Å². The Morgan fingerprint density at radius 1 is 1.12 bits per heavy atom. The number of anilines is 1. The number of aromatic nitrogens is 2. The molecule has 2 amide bonds. The van der Waals surface area contributed by atoms with Gasteiger partial charge in [-0.05, 0) is 48.9 Å². The van der Waals surface area contributed by atoms with Crippen LogP contribution in [0.5, 0.6) is 0 Å². The predicted molar refractivity (Wildman–Crippen MR) is 136 cm³/mol. The maximum absolute atomic E-state index is 13.0. The van der Waals surface area contributed by atoms with Crippen LogP contribution in [0.1, 0.15) is 50.2 Å². The van der Waals surface area contributed by atoms with Crippen molar-refractivity contribution in [3.63, 3.8) is 0 Å². The van der Waals surface area contributed by atoms with Crippen molar-refractivity contribution in [2.75, 3.05) is 18.4 Å². The van der Waals surface area contributed by atoms with Crippen LogP contribution in [0, 0.1) is 0 Å². The highest BCUT2D eigenvalue weighted by atomic mass is 79.9. The summed E-state index contributed by atoms with van der Waals surface area (Å²) in [6, 6.07) is 16.3. The molecule has 3 aromatic rings. The first kappa shape index (κ1) is 25.0. The van der Waals surface area contributed by atoms with Crippen molar-refractivity contribution in [2.24, 2.45) is 0 Å². The van der Waals surface area contributed by atoms with E-state index < -0.39 is 0 Å². The Hall–Kier alpha value is -2.64. The van der Waals surface area contributed by atoms with Crippen molar-refractivity contribution in [3.05, 3.63) is 75.4 Å². The fourth-order valence-corrected chi connectivity index (χ4v) is 3.82. The summed E-state index contributed by atoms with van der Waals surface area (Å²) in [5.74, 6) is 0.0656. The molecule has 0 saturated heterocycles. The Kier molecular flexibility index (Phi) is 7.97. The van der Waals surface area contributed by atoms with Crippen molar-refractivity contribution in [1.29, 1.82) is 0 Å². The zero-order valence-corrected chi connectivity index (χ0v) is 21.6. The minimum atomic E-state index is -0.289. The first-order valence-electron chi connectivity index (χ1n) is 10.8. The van der Waals surface area contributed by atoms with Gasteiger partial charge in [-0.3, -0.25) is 9.59 Å². The smallest absolute Gasteiger partial charge is 0.254 e. The third kappa shape index (κ3) is 6.45. The number of carbonyl (C=O) groups is 2. The molecular weight excluding hydrogens is 504 g/mol. The fraction of sp³-hybridized carbons (Fsp3) is 0.320. The molecule has 8 heteroatoms. The van der Waals surface area contributed by atoms with Crippen LogP contribution >= 0.6 is 27.5 Å². The molecule has 0 aliphatic heterocycles. The Labute approximate surface area is 208 Å². The van der Waals surface area contributed by atoms with Crippen molar-refractivity contribution in [3.8, 4) is 5.69 Å². The number of hydrogen-bond acceptors (Lipinski definition) is 3. The second-order valence-corrected chi connectivity index (χ2v) is 10.2. The topological polar surface area (TPSA) is 67.2 Å². The number of rotatable bonds is 7. The van der Waals surface area contributed by atoms with E-state index in [9.17, 15) is 9.59 Å². The molecule has 1 aromatic heterocycles. The van der Waals surface area contributed by atoms with Crippen molar-refractivity contribution in [2.45, 2.75) is 39.5 Å². The maximum atomic E-state index is 13.0. The van der Waals surface area contributed by atoms with Crippen LogP contribution in [0.4, 0.5) is 5.82 Å². The number of halogens is 2. The quantitative estimate of drug-likeness (QED) is 0.402. The highest BCUT2D eigenvalue weighted by molar-refractivity contribution is 9.10. The van der Waals surface area contributed by atoms with Crippen LogP contribution in [0.3, 0.4) is 0 Å². The van der Waals surface area contributed by atoms with Gasteiger partial charge in [0.1, 0.15) is 12.4 Å². The van der Waals surface area contributed by atoms with Crippen LogP contribution in [0.15, 0.2) is 59.1 Å². The van der Waals surface area contributed by atoms with E-state index in [0.29, 0.717) is 22.9 Å². The predicted octanol–water partition coefficient (Wildman–Crippen LogP) is 6.08. The zero-order chi connectivity index (χ0) is 24.2. The molecule has 0 aliphatic rings. The Bertz CT molecular complexity index is 1140. The molecule has 0 radical (unpaired) electrons. The van der Waals surface area contributed by atoms with E-state index in [2.05, 4.69) is 42.0 Å². The summed E-state index contributed by atoms with van der Waals surface area (Å²) in [5.41, 5.74) is 1.94. The summed E-state index contributed by atoms with van der Waals surface area (Å²) in [5, 5.41) is 8.28. The lowest BCUT2D eigenvalue weighted by Crippen LogP contribution is -2.38. The second-order valence-electron chi connectivity index (χ2n) is 8.84. The molecule has 0 bridgehead atoms. The van der Waals surface area contributed by atoms with Gasteiger partial charge >= 0.3 is 0 Å². The number of carbonyl (C=O) groups excluding carboxylic acids is 2. The van der Waals surface area contributed by atoms with Crippen LogP contribution in [0.25, 0.3) is 5.69 Å². The summed E-state index contributed by atoms with van der Waals surface area (Å²) in [6.45, 7) is 8.58. The molecule has 3 rings (SSSR count). The first-order valence-corrected chi connectivity index (χ1v) is 12.0. The van der Waals surface area contributed by atoms with Gasteiger partial charge in [0.05, 0.1) is 11.4 Å². The molecule has 33 heavy (non-hydrogen) atoms. The molecule has 0 atom stereocenters. The summed E-state index contributed by atoms with van der Waals surface area (Å²) in [6.07, 6.45) is 0.740. The second kappa shape index (κ2) is 10.5. The van der Waals surface area contributed by atoms with Gasteiger partial charge in [-0.25, -0.2) is 4.68 Å². The van der Waals surface area contributed by atoms with Crippen LogP contribution in [-0.2, 0) is 10.2 Å². The lowest BCUT2D eigenvalue weighted by molar-refractivity contribution is -0.116. The van der Waals surface area contributed by atoms with E-state index in [4.69, 9.17) is 16.7 Å². The van der Waals surface area contributed by atoms with Gasteiger partial charge in [0.25, 0.3) is 5.91 Å². The van der Waals surface area contributed by atoms with E-state index in [1.54, 1.807) is 39.9 Å². The number of nitrogens with one attached hydrogen (secondary N) is 1. The molecule has 1 N–H and O–H groups in total. The van der Waals surface area contributed by atoms with E-state index in [1.807, 2.05) is 31.2 Å². The van der Waals surface area contributed by atoms with Gasteiger partial charge in [-0.1, -0.05) is 61.3 Å². The molecule has 0 saturated carbocycles. The van der Waals surface area contributed by atoms with Crippen LogP contribution in [-0.4, -0.2) is 39.6 Å². The van der Waals surface area contributed by atoms with Crippen molar-refractivity contribution < 1.29 is 9.59 Å². The van der Waals surface area contributed by atoms with Gasteiger partial charge < -0.3 is 10.2 Å². The van der Waals surface area contributed by atoms with Gasteiger partial charge in [0, 0.05) is 33.1 Å². The minimum absolute atomic E-state index is 0.0597. The molecule has 0 aliphatic carbocycles. The van der Waals surface area contributed by atoms with Crippen molar-refractivity contribution >= 4 is 45.2 Å². The van der Waals surface area contributed by atoms with Crippen molar-refractivity contribution in [1.82, 2.24) is 14.7 Å². The summed E-state index contributed by atoms with van der Waals surface area (Å²) in [7, 11) is 0. The Morgan fingerprint density at radius 3 is 2.42 bits per heavy atom. The normalized spacial score (nSPS) is 11.3. The minimum Gasteiger partial charge on any atom is -0.329 e. The third-order valence-corrected chi connectivity index (χ3v) is 5.75. The van der Waals surface area contributed by atoms with Gasteiger partial charge in [0.15, 0.2) is 0 Å². The monoisotopic (exact) mass is 530 g/mol. The molecule has 0 fully saturated rings. The zero-order valence-electron chi connectivity index (χ0n) is 19.2. The molecule has 2 aromatic carbocycles. The highest BCUT2D eigenvalue weighted by Gasteiger charge is 2.23. The standard InChI is InChI=1S/C25H28BrClN4O2/c1-5-13-30(24(33)17-7-6-8-18(26)14-17)16-23(32)28-22-15-21(25(2,3)4)29-31(22)20-11-9-19(27)10-12-20/h6-12,14-15H,5,13,16H2,1-4H3,(H,28,32). The Morgan fingerprint density at radius 2 is 1.82 bits per heavy atom. The molecule has 1 heterocycles. The first-order chi connectivity index (χ1) is 15.6. The molecule has 0 spiro atoms.